The summed E-state index contributed by atoms with van der Waals surface area (Å²) < 4.78 is 121. The number of hydrogen-bond acceptors (Lipinski definition) is 6. The molecule has 4 rings (SSSR count). The van der Waals surface area contributed by atoms with E-state index >= 15 is 0 Å². The van der Waals surface area contributed by atoms with Gasteiger partial charge in [-0.2, -0.15) is 17.6 Å². The van der Waals surface area contributed by atoms with Gasteiger partial charge in [0.1, 0.15) is 28.8 Å². The van der Waals surface area contributed by atoms with Crippen molar-refractivity contribution in [1.82, 2.24) is 4.98 Å². The monoisotopic (exact) mass is 596 g/mol. The van der Waals surface area contributed by atoms with Crippen LogP contribution in [0, 0.1) is 29.2 Å². The number of aromatic nitrogens is 1. The molecule has 4 aromatic rings. The van der Waals surface area contributed by atoms with E-state index in [2.05, 4.69) is 4.98 Å². The second-order valence-electron chi connectivity index (χ2n) is 8.86. The molecule has 6 nitrogen and oxygen atoms in total. The van der Waals surface area contributed by atoms with Gasteiger partial charge in [-0.1, -0.05) is 30.3 Å². The molecule has 216 valence electrons. The fraction of sp³-hybridized carbons (Fsp3) is 0.179. The van der Waals surface area contributed by atoms with Gasteiger partial charge < -0.3 is 14.2 Å². The summed E-state index contributed by atoms with van der Waals surface area (Å²) in [5.41, 5.74) is -1.42. The number of alkyl halides is 3. The molecule has 1 N–H and O–H groups in total. The number of rotatable bonds is 8. The normalized spacial score (nSPS) is 13.0. The summed E-state index contributed by atoms with van der Waals surface area (Å²) in [7, 11) is -2.41. The number of nitrogens with one attached hydrogen (secondary N) is 1. The van der Waals surface area contributed by atoms with Crippen molar-refractivity contribution in [2.75, 3.05) is 13.4 Å². The highest BCUT2D eigenvalue weighted by molar-refractivity contribution is 7.91. The molecule has 0 aliphatic heterocycles. The minimum absolute atomic E-state index is 0.0248. The van der Waals surface area contributed by atoms with Crippen molar-refractivity contribution in [1.29, 1.82) is 4.78 Å². The molecule has 0 fully saturated rings. The van der Waals surface area contributed by atoms with Gasteiger partial charge in [0, 0.05) is 17.9 Å². The van der Waals surface area contributed by atoms with Crippen molar-refractivity contribution < 1.29 is 44.8 Å². The first kappa shape index (κ1) is 29.7. The molecule has 1 unspecified atom stereocenters. The summed E-state index contributed by atoms with van der Waals surface area (Å²) in [6.07, 6.45) is -3.98. The average Bonchev–Trinajstić information content (AvgIpc) is 2.89. The van der Waals surface area contributed by atoms with Gasteiger partial charge in [-0.15, -0.1) is 0 Å². The van der Waals surface area contributed by atoms with Crippen LogP contribution in [-0.2, 0) is 22.5 Å². The number of benzene rings is 3. The lowest BCUT2D eigenvalue weighted by atomic mass is 10.0. The lowest BCUT2D eigenvalue weighted by molar-refractivity contribution is -0.140. The molecule has 41 heavy (non-hydrogen) atoms. The number of methoxy groups -OCH3 is 1. The van der Waals surface area contributed by atoms with Gasteiger partial charge in [0.05, 0.1) is 33.8 Å². The fourth-order valence-corrected chi connectivity index (χ4v) is 5.16. The Hall–Kier alpha value is -4.26. The van der Waals surface area contributed by atoms with Crippen LogP contribution >= 0.6 is 0 Å². The molecule has 0 saturated carbocycles. The average molecular weight is 597 g/mol. The molecule has 1 heterocycles. The number of nitrogens with zero attached hydrogens (tertiary/aromatic N) is 1. The van der Waals surface area contributed by atoms with Crippen LogP contribution in [0.25, 0.3) is 11.3 Å². The summed E-state index contributed by atoms with van der Waals surface area (Å²) in [6, 6.07) is 12.5. The van der Waals surface area contributed by atoms with E-state index in [1.165, 1.54) is 13.0 Å². The van der Waals surface area contributed by atoms with E-state index in [9.17, 15) is 30.6 Å². The van der Waals surface area contributed by atoms with E-state index in [0.717, 1.165) is 25.0 Å². The van der Waals surface area contributed by atoms with E-state index in [1.807, 2.05) is 0 Å². The topological polar surface area (TPSA) is 81.5 Å². The Balaban J connectivity index is 1.92. The first-order chi connectivity index (χ1) is 19.2. The number of halogens is 6. The number of ether oxygens (including phenoxy) is 3. The van der Waals surface area contributed by atoms with E-state index in [-0.39, 0.29) is 34.2 Å². The SMILES string of the molecule is COc1c(Oc2cc(C(F)(F)F)c(F)cc2-c2cc(OCc3ccccc3)c(S(C)(=N)=O)c(C)n2)ccc(F)c1F. The quantitative estimate of drug-likeness (QED) is 0.209. The Labute approximate surface area is 231 Å². The molecule has 0 radical (unpaired) electrons. The molecule has 3 aromatic carbocycles. The van der Waals surface area contributed by atoms with E-state index < -0.39 is 56.2 Å². The molecule has 0 bridgehead atoms. The largest absolute Gasteiger partial charge is 0.490 e. The number of hydrogen-bond donors (Lipinski definition) is 1. The molecule has 0 spiro atoms. The minimum atomic E-state index is -5.13. The zero-order valence-corrected chi connectivity index (χ0v) is 22.6. The van der Waals surface area contributed by atoms with Crippen molar-refractivity contribution >= 4 is 9.73 Å². The summed E-state index contributed by atoms with van der Waals surface area (Å²) in [4.78, 5) is 4.20. The number of pyridine rings is 1. The van der Waals surface area contributed by atoms with Crippen molar-refractivity contribution in [3.63, 3.8) is 0 Å². The molecule has 1 atom stereocenters. The molecule has 1 aromatic heterocycles. The molecule has 0 amide bonds. The zero-order valence-electron chi connectivity index (χ0n) is 21.7. The standard InChI is InChI=1S/C28H22F6N2O4S/c1-15-27(41(3,35)37)24(39-14-16-7-5-4-6-8-16)13-21(36-15)17-11-20(30)18(28(32,33)34)12-23(17)40-22-10-9-19(29)25(31)26(22)38-2/h4-13,35H,14H2,1-3H3. The molecular formula is C28H22F6N2O4S. The van der Waals surface area contributed by atoms with Gasteiger partial charge in [0.2, 0.25) is 11.6 Å². The predicted octanol–water partition coefficient (Wildman–Crippen LogP) is 7.91. The number of aryl methyl sites for hydroxylation is 1. The highest BCUT2D eigenvalue weighted by atomic mass is 32.2. The fourth-order valence-electron chi connectivity index (χ4n) is 4.04. The van der Waals surface area contributed by atoms with Crippen LogP contribution in [-0.4, -0.2) is 22.6 Å². The van der Waals surface area contributed by atoms with Crippen molar-refractivity contribution in [2.24, 2.45) is 0 Å². The van der Waals surface area contributed by atoms with Crippen LogP contribution in [0.2, 0.25) is 0 Å². The highest BCUT2D eigenvalue weighted by Crippen LogP contribution is 2.44. The second-order valence-corrected chi connectivity index (χ2v) is 11.0. The van der Waals surface area contributed by atoms with Gasteiger partial charge in [0.25, 0.3) is 0 Å². The third kappa shape index (κ3) is 6.40. The van der Waals surface area contributed by atoms with Gasteiger partial charge in [0.15, 0.2) is 11.6 Å². The summed E-state index contributed by atoms with van der Waals surface area (Å²) in [6.45, 7) is 1.38. The Bertz CT molecular complexity index is 1710. The summed E-state index contributed by atoms with van der Waals surface area (Å²) in [5, 5.41) is 0. The first-order valence-corrected chi connectivity index (χ1v) is 13.7. The third-order valence-corrected chi connectivity index (χ3v) is 7.10. The van der Waals surface area contributed by atoms with Crippen molar-refractivity contribution in [2.45, 2.75) is 24.6 Å². The molecule has 0 aliphatic carbocycles. The van der Waals surface area contributed by atoms with E-state index in [1.54, 1.807) is 30.3 Å². The Morgan fingerprint density at radius 1 is 0.927 bits per heavy atom. The van der Waals surface area contributed by atoms with Gasteiger partial charge in [-0.25, -0.2) is 17.8 Å². The first-order valence-electron chi connectivity index (χ1n) is 11.7. The maximum atomic E-state index is 14.8. The van der Waals surface area contributed by atoms with Crippen LogP contribution < -0.4 is 14.2 Å². The predicted molar refractivity (Wildman–Crippen MR) is 138 cm³/mol. The zero-order chi connectivity index (χ0) is 30.1. The van der Waals surface area contributed by atoms with Crippen LogP contribution in [0.15, 0.2) is 65.6 Å². The summed E-state index contributed by atoms with van der Waals surface area (Å²) >= 11 is 0. The van der Waals surface area contributed by atoms with Crippen LogP contribution in [0.3, 0.4) is 0 Å². The lowest BCUT2D eigenvalue weighted by Gasteiger charge is -2.19. The Morgan fingerprint density at radius 2 is 1.61 bits per heavy atom. The Morgan fingerprint density at radius 3 is 2.22 bits per heavy atom. The lowest BCUT2D eigenvalue weighted by Crippen LogP contribution is -2.10. The van der Waals surface area contributed by atoms with E-state index in [4.69, 9.17) is 19.0 Å². The maximum Gasteiger partial charge on any atom is 0.419 e. The minimum Gasteiger partial charge on any atom is -0.490 e. The maximum absolute atomic E-state index is 14.8. The van der Waals surface area contributed by atoms with Crippen LogP contribution in [0.4, 0.5) is 26.3 Å². The van der Waals surface area contributed by atoms with Gasteiger partial charge in [-0.05, 0) is 36.8 Å². The summed E-state index contributed by atoms with van der Waals surface area (Å²) in [5.74, 6) is -6.34. The van der Waals surface area contributed by atoms with Crippen LogP contribution in [0.1, 0.15) is 16.8 Å². The molecule has 0 aliphatic rings. The third-order valence-electron chi connectivity index (χ3n) is 5.82. The smallest absolute Gasteiger partial charge is 0.419 e. The molecular weight excluding hydrogens is 574 g/mol. The molecule has 13 heteroatoms. The van der Waals surface area contributed by atoms with E-state index in [0.29, 0.717) is 18.2 Å². The second kappa shape index (κ2) is 11.3. The Kier molecular flexibility index (Phi) is 8.20. The van der Waals surface area contributed by atoms with Crippen LogP contribution in [0.5, 0.6) is 23.0 Å². The highest BCUT2D eigenvalue weighted by Gasteiger charge is 2.36. The van der Waals surface area contributed by atoms with Crippen molar-refractivity contribution in [3.05, 3.63) is 94.9 Å². The molecule has 0 saturated heterocycles. The van der Waals surface area contributed by atoms with Crippen molar-refractivity contribution in [3.8, 4) is 34.3 Å². The van der Waals surface area contributed by atoms with Gasteiger partial charge in [-0.3, -0.25) is 4.98 Å². The van der Waals surface area contributed by atoms with Gasteiger partial charge >= 0.3 is 6.18 Å².